The molecule has 0 radical (unpaired) electrons. The molecule has 0 spiro atoms. The smallest absolute Gasteiger partial charge is 0.284 e. The van der Waals surface area contributed by atoms with E-state index >= 15 is 0 Å². The first-order chi connectivity index (χ1) is 10.0. The van der Waals surface area contributed by atoms with Crippen LogP contribution in [0.3, 0.4) is 0 Å². The lowest BCUT2D eigenvalue weighted by Crippen LogP contribution is -2.14. The fraction of sp³-hybridized carbons (Fsp3) is 0.231. The van der Waals surface area contributed by atoms with Crippen LogP contribution in [0.25, 0.3) is 11.3 Å². The van der Waals surface area contributed by atoms with Crippen molar-refractivity contribution < 1.29 is 9.59 Å². The third-order valence-electron chi connectivity index (χ3n) is 3.15. The van der Waals surface area contributed by atoms with Crippen LogP contribution in [0, 0.1) is 5.92 Å². The number of H-pyrrole nitrogens is 1. The molecular formula is C13H12BrN5O2. The zero-order valence-corrected chi connectivity index (χ0v) is 12.5. The molecule has 4 N–H and O–H groups in total. The molecular weight excluding hydrogens is 338 g/mol. The number of hydrogen-bond acceptors (Lipinski definition) is 4. The van der Waals surface area contributed by atoms with Crippen molar-refractivity contribution in [3.05, 3.63) is 28.8 Å². The number of carbonyl (C=O) groups excluding carboxylic acids is 2. The summed E-state index contributed by atoms with van der Waals surface area (Å²) in [5.41, 5.74) is 6.51. The molecule has 0 atom stereocenters. The number of nitrogens with one attached hydrogen (secondary N) is 2. The van der Waals surface area contributed by atoms with Gasteiger partial charge in [0.05, 0.1) is 11.9 Å². The van der Waals surface area contributed by atoms with Crippen molar-refractivity contribution in [2.75, 3.05) is 5.32 Å². The first-order valence-electron chi connectivity index (χ1n) is 6.36. The maximum Gasteiger partial charge on any atom is 0.284 e. The number of halogens is 1. The van der Waals surface area contributed by atoms with Crippen LogP contribution in [-0.2, 0) is 4.79 Å². The lowest BCUT2D eigenvalue weighted by molar-refractivity contribution is -0.117. The predicted molar refractivity (Wildman–Crippen MR) is 79.4 cm³/mol. The number of nitrogens with zero attached hydrogens (tertiary/aromatic N) is 2. The van der Waals surface area contributed by atoms with Gasteiger partial charge in [-0.25, -0.2) is 9.97 Å². The van der Waals surface area contributed by atoms with Crippen molar-refractivity contribution in [2.24, 2.45) is 11.7 Å². The molecule has 0 aromatic carbocycles. The van der Waals surface area contributed by atoms with Gasteiger partial charge >= 0.3 is 0 Å². The summed E-state index contributed by atoms with van der Waals surface area (Å²) < 4.78 is 0.714. The van der Waals surface area contributed by atoms with Crippen LogP contribution in [0.5, 0.6) is 0 Å². The maximum atomic E-state index is 11.8. The Bertz CT molecular complexity index is 723. The average Bonchev–Trinajstić information content (AvgIpc) is 3.18. The van der Waals surface area contributed by atoms with E-state index in [4.69, 9.17) is 5.73 Å². The van der Waals surface area contributed by atoms with Crippen molar-refractivity contribution in [1.82, 2.24) is 15.0 Å². The van der Waals surface area contributed by atoms with E-state index in [2.05, 4.69) is 36.2 Å². The van der Waals surface area contributed by atoms with Gasteiger partial charge in [0.2, 0.25) is 5.91 Å². The van der Waals surface area contributed by atoms with Gasteiger partial charge in [-0.05, 0) is 34.8 Å². The highest BCUT2D eigenvalue weighted by molar-refractivity contribution is 9.10. The molecule has 21 heavy (non-hydrogen) atoms. The van der Waals surface area contributed by atoms with E-state index in [1.54, 1.807) is 12.3 Å². The highest BCUT2D eigenvalue weighted by Crippen LogP contribution is 2.32. The van der Waals surface area contributed by atoms with Gasteiger partial charge in [0.15, 0.2) is 5.82 Å². The van der Waals surface area contributed by atoms with E-state index in [1.165, 1.54) is 6.20 Å². The summed E-state index contributed by atoms with van der Waals surface area (Å²) in [4.78, 5) is 33.7. The van der Waals surface area contributed by atoms with Crippen molar-refractivity contribution in [3.8, 4) is 11.3 Å². The maximum absolute atomic E-state index is 11.8. The van der Waals surface area contributed by atoms with E-state index in [1.807, 2.05) is 0 Å². The molecule has 1 fully saturated rings. The molecule has 1 saturated carbocycles. The largest absolute Gasteiger partial charge is 0.363 e. The first-order valence-corrected chi connectivity index (χ1v) is 7.15. The number of primary amides is 1. The number of amides is 2. The molecule has 0 saturated heterocycles. The van der Waals surface area contributed by atoms with Gasteiger partial charge in [0.1, 0.15) is 5.82 Å². The summed E-state index contributed by atoms with van der Waals surface area (Å²) >= 11 is 3.38. The fourth-order valence-corrected chi connectivity index (χ4v) is 2.30. The number of rotatable bonds is 4. The third kappa shape index (κ3) is 2.94. The highest BCUT2D eigenvalue weighted by Gasteiger charge is 2.29. The molecule has 2 heterocycles. The third-order valence-corrected chi connectivity index (χ3v) is 3.79. The van der Waals surface area contributed by atoms with Crippen LogP contribution >= 0.6 is 15.9 Å². The lowest BCUT2D eigenvalue weighted by atomic mass is 10.2. The molecule has 8 heteroatoms. The number of aromatic amines is 1. The monoisotopic (exact) mass is 349 g/mol. The molecule has 1 aliphatic carbocycles. The minimum atomic E-state index is -0.631. The Balaban J connectivity index is 1.89. The van der Waals surface area contributed by atoms with Gasteiger partial charge in [-0.15, -0.1) is 0 Å². The average molecular weight is 350 g/mol. The molecule has 3 rings (SSSR count). The van der Waals surface area contributed by atoms with E-state index in [0.29, 0.717) is 16.0 Å². The second kappa shape index (κ2) is 5.28. The number of carbonyl (C=O) groups is 2. The van der Waals surface area contributed by atoms with Crippen LogP contribution < -0.4 is 11.1 Å². The molecule has 108 valence electrons. The van der Waals surface area contributed by atoms with Crippen LogP contribution in [-0.4, -0.2) is 26.8 Å². The normalized spacial score (nSPS) is 14.0. The second-order valence-corrected chi connectivity index (χ2v) is 5.68. The summed E-state index contributed by atoms with van der Waals surface area (Å²) in [7, 11) is 0. The van der Waals surface area contributed by atoms with E-state index < -0.39 is 5.91 Å². The molecule has 0 bridgehead atoms. The Hall–Kier alpha value is -2.22. The topological polar surface area (TPSA) is 114 Å². The van der Waals surface area contributed by atoms with Gasteiger partial charge in [-0.3, -0.25) is 9.59 Å². The van der Waals surface area contributed by atoms with Crippen LogP contribution in [0.4, 0.5) is 5.82 Å². The van der Waals surface area contributed by atoms with Crippen LogP contribution in [0.2, 0.25) is 0 Å². The first kappa shape index (κ1) is 13.7. The van der Waals surface area contributed by atoms with Gasteiger partial charge in [-0.1, -0.05) is 0 Å². The predicted octanol–water partition coefficient (Wildman–Crippen LogP) is 1.68. The number of pyridine rings is 1. The Morgan fingerprint density at radius 1 is 1.33 bits per heavy atom. The Morgan fingerprint density at radius 2 is 2.10 bits per heavy atom. The fourth-order valence-electron chi connectivity index (χ4n) is 1.87. The summed E-state index contributed by atoms with van der Waals surface area (Å²) in [6.45, 7) is 0. The van der Waals surface area contributed by atoms with Gasteiger partial charge in [0.25, 0.3) is 5.91 Å². The van der Waals surface area contributed by atoms with Crippen LogP contribution in [0.15, 0.2) is 22.9 Å². The van der Waals surface area contributed by atoms with E-state index in [0.717, 1.165) is 18.4 Å². The van der Waals surface area contributed by atoms with Gasteiger partial charge in [0, 0.05) is 22.2 Å². The zero-order valence-electron chi connectivity index (χ0n) is 10.9. The van der Waals surface area contributed by atoms with E-state index in [9.17, 15) is 9.59 Å². The summed E-state index contributed by atoms with van der Waals surface area (Å²) in [5.74, 6) is -0.00276. The molecule has 0 unspecified atom stereocenters. The lowest BCUT2D eigenvalue weighted by Gasteiger charge is -2.07. The van der Waals surface area contributed by atoms with Gasteiger partial charge in [-0.2, -0.15) is 0 Å². The molecule has 2 aromatic heterocycles. The molecule has 2 aromatic rings. The highest BCUT2D eigenvalue weighted by atomic mass is 79.9. The summed E-state index contributed by atoms with van der Waals surface area (Å²) in [5, 5.41) is 2.77. The standard InChI is InChI=1S/C13H12BrN5O2/c14-8-4-16-10(19-13(21)6-1-2-6)3-7(8)9-5-17-12(18-9)11(15)20/h3-6H,1-2H2,(H2,15,20)(H,17,18)(H,16,19,21). The Kier molecular flexibility index (Phi) is 3.46. The number of imidazole rings is 1. The number of hydrogen-bond donors (Lipinski definition) is 3. The van der Waals surface area contributed by atoms with Crippen molar-refractivity contribution >= 4 is 33.6 Å². The quantitative estimate of drug-likeness (QED) is 0.778. The summed E-state index contributed by atoms with van der Waals surface area (Å²) in [6.07, 6.45) is 4.95. The molecule has 1 aliphatic rings. The Labute approximate surface area is 128 Å². The zero-order chi connectivity index (χ0) is 15.0. The molecule has 2 amide bonds. The Morgan fingerprint density at radius 3 is 2.71 bits per heavy atom. The SMILES string of the molecule is NC(=O)c1ncc(-c2cc(NC(=O)C3CC3)ncc2Br)[nH]1. The molecule has 7 nitrogen and oxygen atoms in total. The minimum Gasteiger partial charge on any atom is -0.363 e. The van der Waals surface area contributed by atoms with E-state index in [-0.39, 0.29) is 17.6 Å². The number of anilines is 1. The second-order valence-electron chi connectivity index (χ2n) is 4.82. The van der Waals surface area contributed by atoms with Crippen molar-refractivity contribution in [3.63, 3.8) is 0 Å². The van der Waals surface area contributed by atoms with Crippen LogP contribution in [0.1, 0.15) is 23.5 Å². The number of nitrogens with two attached hydrogens (primary N) is 1. The van der Waals surface area contributed by atoms with Crippen molar-refractivity contribution in [1.29, 1.82) is 0 Å². The van der Waals surface area contributed by atoms with Gasteiger partial charge < -0.3 is 16.0 Å². The summed E-state index contributed by atoms with van der Waals surface area (Å²) in [6, 6.07) is 1.71. The molecule has 0 aliphatic heterocycles. The number of aromatic nitrogens is 3. The van der Waals surface area contributed by atoms with Crippen molar-refractivity contribution in [2.45, 2.75) is 12.8 Å². The minimum absolute atomic E-state index is 0.0155.